The highest BCUT2D eigenvalue weighted by atomic mass is 28.4. The maximum atomic E-state index is 13.2. The number of fused-ring (bicyclic) bond motifs is 1. The second-order valence-corrected chi connectivity index (χ2v) is 15.4. The highest BCUT2D eigenvalue weighted by Crippen LogP contribution is 2.45. The number of aromatic nitrogens is 1. The second-order valence-electron chi connectivity index (χ2n) is 10.9. The minimum Gasteiger partial charge on any atom is -0.504 e. The number of ether oxygens (including phenoxy) is 2. The molecule has 0 saturated carbocycles. The van der Waals surface area contributed by atoms with E-state index in [4.69, 9.17) is 9.47 Å². The third kappa shape index (κ3) is 5.61. The first kappa shape index (κ1) is 26.9. The van der Waals surface area contributed by atoms with Gasteiger partial charge in [0.25, 0.3) is 0 Å². The topological polar surface area (TPSA) is 98.0 Å². The molecule has 0 fully saturated rings. The van der Waals surface area contributed by atoms with Crippen molar-refractivity contribution in [3.8, 4) is 11.5 Å². The van der Waals surface area contributed by atoms with Crippen LogP contribution in [-0.4, -0.2) is 42.5 Å². The van der Waals surface area contributed by atoms with Crippen molar-refractivity contribution in [2.75, 3.05) is 13.7 Å². The maximum Gasteiger partial charge on any atom is 0.343 e. The van der Waals surface area contributed by atoms with E-state index in [1.54, 1.807) is 19.2 Å². The number of phenols is 1. The molecular weight excluding hydrogens is 438 g/mol. The van der Waals surface area contributed by atoms with E-state index in [-0.39, 0.29) is 45.6 Å². The van der Waals surface area contributed by atoms with Gasteiger partial charge in [-0.1, -0.05) is 34.6 Å². The minimum absolute atomic E-state index is 0.0701. The Morgan fingerprint density at radius 1 is 1.18 bits per heavy atom. The van der Waals surface area contributed by atoms with Crippen molar-refractivity contribution >= 4 is 25.2 Å². The molecule has 0 bridgehead atoms. The Bertz CT molecular complexity index is 1080. The summed E-state index contributed by atoms with van der Waals surface area (Å²) in [6.07, 6.45) is 3.06. The van der Waals surface area contributed by atoms with Crippen LogP contribution in [0.2, 0.25) is 18.1 Å². The molecule has 184 valence electrons. The lowest BCUT2D eigenvalue weighted by atomic mass is 9.82. The highest BCUT2D eigenvalue weighted by Gasteiger charge is 2.39. The standard InChI is InChI=1S/C25H39NO6Si/c1-10-32-23(29)17-15-26(18-14-20(31-7)19(27)13-16(18)22(17)28)21(24(2,3)4)11-12-25(5,6)33(8,9)30/h13-15,21,27,30H,10-12H2,1-9H3/t21-/m1/s1. The first-order chi connectivity index (χ1) is 15.0. The molecule has 1 aromatic carbocycles. The van der Waals surface area contributed by atoms with Crippen LogP contribution >= 0.6 is 0 Å². The first-order valence-corrected chi connectivity index (χ1v) is 14.3. The van der Waals surface area contributed by atoms with Gasteiger partial charge in [0.05, 0.1) is 24.6 Å². The summed E-state index contributed by atoms with van der Waals surface area (Å²) in [6, 6.07) is 2.87. The quantitative estimate of drug-likeness (QED) is 0.399. The van der Waals surface area contributed by atoms with Crippen molar-refractivity contribution in [3.63, 3.8) is 0 Å². The molecule has 1 heterocycles. The van der Waals surface area contributed by atoms with Gasteiger partial charge in [-0.15, -0.1) is 0 Å². The fraction of sp³-hybridized carbons (Fsp3) is 0.600. The monoisotopic (exact) mass is 477 g/mol. The largest absolute Gasteiger partial charge is 0.504 e. The average molecular weight is 478 g/mol. The third-order valence-corrected chi connectivity index (χ3v) is 10.4. The van der Waals surface area contributed by atoms with Gasteiger partial charge in [-0.3, -0.25) is 4.79 Å². The summed E-state index contributed by atoms with van der Waals surface area (Å²) in [5.41, 5.74) is -0.231. The number of pyridine rings is 1. The Morgan fingerprint density at radius 2 is 1.79 bits per heavy atom. The van der Waals surface area contributed by atoms with Gasteiger partial charge in [-0.25, -0.2) is 4.79 Å². The van der Waals surface area contributed by atoms with Gasteiger partial charge in [0.15, 0.2) is 19.8 Å². The molecule has 0 aliphatic carbocycles. The molecule has 8 heteroatoms. The lowest BCUT2D eigenvalue weighted by Crippen LogP contribution is -2.40. The summed E-state index contributed by atoms with van der Waals surface area (Å²) < 4.78 is 12.4. The van der Waals surface area contributed by atoms with E-state index in [2.05, 4.69) is 34.6 Å². The lowest BCUT2D eigenvalue weighted by Gasteiger charge is -2.40. The Kier molecular flexibility index (Phi) is 7.75. The number of aromatic hydroxyl groups is 1. The van der Waals surface area contributed by atoms with Gasteiger partial charge < -0.3 is 23.9 Å². The number of benzene rings is 1. The minimum atomic E-state index is -2.42. The van der Waals surface area contributed by atoms with Crippen LogP contribution in [0, 0.1) is 5.41 Å². The Balaban J connectivity index is 2.81. The summed E-state index contributed by atoms with van der Waals surface area (Å²) in [5, 5.41) is 10.3. The number of esters is 1. The predicted molar refractivity (Wildman–Crippen MR) is 134 cm³/mol. The number of hydrogen-bond acceptors (Lipinski definition) is 6. The Hall–Kier alpha value is -2.32. The van der Waals surface area contributed by atoms with Crippen LogP contribution in [0.25, 0.3) is 10.9 Å². The molecule has 2 N–H and O–H groups in total. The Labute approximate surface area is 197 Å². The zero-order valence-electron chi connectivity index (χ0n) is 21.4. The van der Waals surface area contributed by atoms with Crippen LogP contribution in [0.1, 0.15) is 70.8 Å². The fourth-order valence-corrected chi connectivity index (χ4v) is 4.69. The average Bonchev–Trinajstić information content (AvgIpc) is 2.67. The van der Waals surface area contributed by atoms with Gasteiger partial charge in [0.1, 0.15) is 5.56 Å². The van der Waals surface area contributed by atoms with Crippen molar-refractivity contribution in [3.05, 3.63) is 34.1 Å². The SMILES string of the molecule is CCOC(=O)c1cn([C@H](CCC(C)(C)[Si](C)(C)O)C(C)(C)C)c2cc(OC)c(O)cc2c1=O. The van der Waals surface area contributed by atoms with Crippen LogP contribution < -0.4 is 10.2 Å². The smallest absolute Gasteiger partial charge is 0.343 e. The predicted octanol–water partition coefficient (Wildman–Crippen LogP) is 5.24. The van der Waals surface area contributed by atoms with Gasteiger partial charge >= 0.3 is 5.97 Å². The van der Waals surface area contributed by atoms with E-state index in [1.807, 2.05) is 17.7 Å². The molecular formula is C25H39NO6Si. The summed E-state index contributed by atoms with van der Waals surface area (Å²) in [4.78, 5) is 36.6. The van der Waals surface area contributed by atoms with Crippen LogP contribution in [0.3, 0.4) is 0 Å². The molecule has 0 radical (unpaired) electrons. The normalized spacial score (nSPS) is 13.8. The number of nitrogens with zero attached hydrogens (tertiary/aromatic N) is 1. The molecule has 0 aliphatic heterocycles. The second kappa shape index (κ2) is 9.50. The Morgan fingerprint density at radius 3 is 2.27 bits per heavy atom. The molecule has 2 aromatic rings. The van der Waals surface area contributed by atoms with E-state index < -0.39 is 19.7 Å². The van der Waals surface area contributed by atoms with Crippen molar-refractivity contribution < 1.29 is 24.2 Å². The number of carbonyl (C=O) groups excluding carboxylic acids is 1. The maximum absolute atomic E-state index is 13.2. The molecule has 1 aromatic heterocycles. The molecule has 2 rings (SSSR count). The van der Waals surface area contributed by atoms with Gasteiger partial charge in [-0.2, -0.15) is 0 Å². The van der Waals surface area contributed by atoms with Gasteiger partial charge in [-0.05, 0) is 49.4 Å². The summed E-state index contributed by atoms with van der Waals surface area (Å²) in [5.74, 6) is -0.613. The van der Waals surface area contributed by atoms with Crippen molar-refractivity contribution in [1.29, 1.82) is 0 Å². The van der Waals surface area contributed by atoms with Crippen molar-refractivity contribution in [2.24, 2.45) is 5.41 Å². The van der Waals surface area contributed by atoms with Crippen molar-refractivity contribution in [2.45, 2.75) is 78.6 Å². The lowest BCUT2D eigenvalue weighted by molar-refractivity contribution is 0.0523. The molecule has 1 atom stereocenters. The molecule has 0 spiro atoms. The molecule has 0 aliphatic rings. The molecule has 0 amide bonds. The number of methoxy groups -OCH3 is 1. The summed E-state index contributed by atoms with van der Waals surface area (Å²) in [7, 11) is -0.970. The third-order valence-electron chi connectivity index (χ3n) is 6.86. The molecule has 33 heavy (non-hydrogen) atoms. The van der Waals surface area contributed by atoms with Crippen LogP contribution in [0.15, 0.2) is 23.1 Å². The number of hydrogen-bond donors (Lipinski definition) is 2. The molecule has 0 saturated heterocycles. The number of phenolic OH excluding ortho intramolecular Hbond substituents is 1. The van der Waals surface area contributed by atoms with E-state index in [9.17, 15) is 19.5 Å². The van der Waals surface area contributed by atoms with Gasteiger partial charge in [0, 0.05) is 18.3 Å². The fourth-order valence-electron chi connectivity index (χ4n) is 3.93. The van der Waals surface area contributed by atoms with E-state index in [0.717, 1.165) is 12.8 Å². The van der Waals surface area contributed by atoms with E-state index >= 15 is 0 Å². The van der Waals surface area contributed by atoms with E-state index in [1.165, 1.54) is 13.2 Å². The van der Waals surface area contributed by atoms with Gasteiger partial charge in [0.2, 0.25) is 5.43 Å². The summed E-state index contributed by atoms with van der Waals surface area (Å²) >= 11 is 0. The highest BCUT2D eigenvalue weighted by molar-refractivity contribution is 6.72. The first-order valence-electron chi connectivity index (χ1n) is 11.4. The number of rotatable bonds is 8. The van der Waals surface area contributed by atoms with Crippen molar-refractivity contribution in [1.82, 2.24) is 4.57 Å². The summed E-state index contributed by atoms with van der Waals surface area (Å²) in [6.45, 7) is 16.2. The van der Waals surface area contributed by atoms with E-state index in [0.29, 0.717) is 5.52 Å². The van der Waals surface area contributed by atoms with Crippen LogP contribution in [0.5, 0.6) is 11.5 Å². The molecule has 0 unspecified atom stereocenters. The molecule has 7 nitrogen and oxygen atoms in total. The zero-order valence-corrected chi connectivity index (χ0v) is 22.4. The zero-order chi connectivity index (χ0) is 25.4. The number of carbonyl (C=O) groups is 1. The van der Waals surface area contributed by atoms with Crippen LogP contribution in [-0.2, 0) is 4.74 Å². The van der Waals surface area contributed by atoms with Crippen LogP contribution in [0.4, 0.5) is 0 Å².